The summed E-state index contributed by atoms with van der Waals surface area (Å²) in [7, 11) is 1.31. The van der Waals surface area contributed by atoms with Crippen molar-refractivity contribution in [1.29, 1.82) is 0 Å². The number of allylic oxidation sites excluding steroid dienone is 1. The molecule has 2 N–H and O–H groups in total. The van der Waals surface area contributed by atoms with Gasteiger partial charge in [-0.15, -0.1) is 6.58 Å². The molecule has 3 rings (SSSR count). The average Bonchev–Trinajstić information content (AvgIpc) is 2.96. The van der Waals surface area contributed by atoms with Crippen LogP contribution in [0, 0.1) is 11.8 Å². The molecule has 1 amide bonds. The molecule has 0 aliphatic carbocycles. The van der Waals surface area contributed by atoms with Crippen molar-refractivity contribution in [3.63, 3.8) is 0 Å². The molecule has 0 saturated carbocycles. The Labute approximate surface area is 233 Å². The van der Waals surface area contributed by atoms with Crippen LogP contribution in [-0.2, 0) is 35.0 Å². The van der Waals surface area contributed by atoms with Crippen molar-refractivity contribution in [3.8, 4) is 11.5 Å². The number of nitrogens with zero attached hydrogens (tertiary/aromatic N) is 1. The lowest BCUT2D eigenvalue weighted by Crippen LogP contribution is -2.47. The predicted octanol–water partition coefficient (Wildman–Crippen LogP) is 3.00. The van der Waals surface area contributed by atoms with Crippen LogP contribution >= 0.6 is 0 Å². The van der Waals surface area contributed by atoms with E-state index in [1.54, 1.807) is 19.9 Å². The molecule has 1 fully saturated rings. The van der Waals surface area contributed by atoms with Gasteiger partial charge in [0.25, 0.3) is 5.91 Å². The highest BCUT2D eigenvalue weighted by Gasteiger charge is 2.42. The minimum Gasteiger partial charge on any atom is -0.503 e. The van der Waals surface area contributed by atoms with Crippen molar-refractivity contribution >= 4 is 23.8 Å². The minimum atomic E-state index is -1.41. The summed E-state index contributed by atoms with van der Waals surface area (Å²) in [6, 6.07) is 9.01. The average molecular weight is 559 g/mol. The quantitative estimate of drug-likeness (QED) is 0.295. The van der Waals surface area contributed by atoms with Crippen LogP contribution in [0.3, 0.4) is 0 Å². The molecule has 4 atom stereocenters. The fourth-order valence-electron chi connectivity index (χ4n) is 3.74. The Morgan fingerprint density at radius 1 is 1.23 bits per heavy atom. The number of amides is 1. The number of benzene rings is 1. The highest BCUT2D eigenvalue weighted by Crippen LogP contribution is 2.28. The second-order valence-electron chi connectivity index (χ2n) is 9.27. The van der Waals surface area contributed by atoms with Crippen molar-refractivity contribution in [1.82, 2.24) is 10.3 Å². The zero-order valence-corrected chi connectivity index (χ0v) is 23.3. The molecule has 1 saturated heterocycles. The summed E-state index contributed by atoms with van der Waals surface area (Å²) in [6.45, 7) is 9.50. The summed E-state index contributed by atoms with van der Waals surface area (Å²) in [6.07, 6.45) is 0.984. The number of nitrogens with one attached hydrogen (secondary N) is 1. The van der Waals surface area contributed by atoms with Gasteiger partial charge in [-0.1, -0.05) is 50.3 Å². The molecule has 1 aromatic carbocycles. The van der Waals surface area contributed by atoms with Crippen LogP contribution in [0.25, 0.3) is 0 Å². The highest BCUT2D eigenvalue weighted by atomic mass is 16.6. The van der Waals surface area contributed by atoms with Crippen LogP contribution < -0.4 is 10.1 Å². The van der Waals surface area contributed by atoms with E-state index >= 15 is 0 Å². The zero-order valence-electron chi connectivity index (χ0n) is 23.3. The molecule has 11 heteroatoms. The maximum atomic E-state index is 13.2. The Kier molecular flexibility index (Phi) is 12.1. The van der Waals surface area contributed by atoms with E-state index in [1.807, 2.05) is 37.3 Å². The molecule has 40 heavy (non-hydrogen) atoms. The van der Waals surface area contributed by atoms with Crippen LogP contribution in [0.5, 0.6) is 11.5 Å². The largest absolute Gasteiger partial charge is 0.503 e. The number of aromatic hydroxyl groups is 1. The summed E-state index contributed by atoms with van der Waals surface area (Å²) in [4.78, 5) is 55.3. The standard InChI is InChI=1S/C26H30N2O9.C3H6/c1-14(2)24(31)37-22-15(3)36-26(33)18(28-23(30)20-21(29)19(34-4)10-11-27-20)13-35-25(32)17(22)12-16-8-6-5-7-9-16;1-3-2/h5-11,14-15,17-18,22,29H,12-13H2,1-4H3,(H,28,30);3H,1H2,2H3/t15-,17+,18-,22-;/m0./s1/i;2+2. The van der Waals surface area contributed by atoms with Gasteiger partial charge < -0.3 is 29.4 Å². The van der Waals surface area contributed by atoms with Crippen molar-refractivity contribution in [3.05, 3.63) is 66.5 Å². The summed E-state index contributed by atoms with van der Waals surface area (Å²) in [5.41, 5.74) is 0.398. The Hall–Kier alpha value is -4.41. The summed E-state index contributed by atoms with van der Waals surface area (Å²) >= 11 is 0. The molecule has 0 radical (unpaired) electrons. The third kappa shape index (κ3) is 8.55. The first kappa shape index (κ1) is 31.8. The fraction of sp³-hybridized carbons (Fsp3) is 0.414. The number of rotatable bonds is 7. The second kappa shape index (κ2) is 15.2. The number of pyridine rings is 1. The van der Waals surface area contributed by atoms with Gasteiger partial charge in [-0.05, 0) is 25.8 Å². The number of aromatic nitrogens is 1. The predicted molar refractivity (Wildman–Crippen MR) is 144 cm³/mol. The topological polar surface area (TPSA) is 150 Å². The number of ether oxygens (including phenoxy) is 4. The summed E-state index contributed by atoms with van der Waals surface area (Å²) in [5.74, 6) is -5.10. The fourth-order valence-corrected chi connectivity index (χ4v) is 3.74. The molecule has 216 valence electrons. The van der Waals surface area contributed by atoms with Crippen molar-refractivity contribution in [2.24, 2.45) is 11.8 Å². The monoisotopic (exact) mass is 558 g/mol. The van der Waals surface area contributed by atoms with Crippen LogP contribution in [-0.4, -0.2) is 65.9 Å². The zero-order chi connectivity index (χ0) is 29.8. The molecular formula is C29H36N2O9. The van der Waals surface area contributed by atoms with Gasteiger partial charge in [0.15, 0.2) is 29.3 Å². The third-order valence-corrected chi connectivity index (χ3v) is 5.79. The lowest BCUT2D eigenvalue weighted by Gasteiger charge is -2.29. The molecule has 0 spiro atoms. The van der Waals surface area contributed by atoms with Crippen LogP contribution in [0.1, 0.15) is 43.7 Å². The maximum absolute atomic E-state index is 13.2. The first-order valence-corrected chi connectivity index (χ1v) is 12.7. The van der Waals surface area contributed by atoms with E-state index in [0.717, 1.165) is 5.56 Å². The number of hydrogen-bond donors (Lipinski definition) is 2. The molecule has 11 nitrogen and oxygen atoms in total. The summed E-state index contributed by atoms with van der Waals surface area (Å²) in [5, 5.41) is 12.6. The van der Waals surface area contributed by atoms with Crippen molar-refractivity contribution in [2.45, 2.75) is 52.4 Å². The minimum absolute atomic E-state index is 0.0100. The molecular weight excluding hydrogens is 522 g/mol. The van der Waals surface area contributed by atoms with Gasteiger partial charge in [0.1, 0.15) is 18.6 Å². The number of methoxy groups -OCH3 is 1. The van der Waals surface area contributed by atoms with E-state index in [2.05, 4.69) is 16.9 Å². The highest BCUT2D eigenvalue weighted by molar-refractivity contribution is 5.98. The normalized spacial score (nSPS) is 20.8. The van der Waals surface area contributed by atoms with Gasteiger partial charge in [-0.3, -0.25) is 14.4 Å². The van der Waals surface area contributed by atoms with E-state index in [-0.39, 0.29) is 12.2 Å². The Balaban J connectivity index is 0.00000178. The van der Waals surface area contributed by atoms with E-state index in [4.69, 9.17) is 18.9 Å². The second-order valence-corrected chi connectivity index (χ2v) is 9.27. The lowest BCUT2D eigenvalue weighted by atomic mass is 9.91. The van der Waals surface area contributed by atoms with Gasteiger partial charge in [-0.25, -0.2) is 9.78 Å². The summed E-state index contributed by atoms with van der Waals surface area (Å²) < 4.78 is 21.5. The molecule has 1 aliphatic rings. The smallest absolute Gasteiger partial charge is 0.332 e. The first-order chi connectivity index (χ1) is 19.0. The number of esters is 3. The first-order valence-electron chi connectivity index (χ1n) is 12.7. The Bertz CT molecular complexity index is 1180. The van der Waals surface area contributed by atoms with Gasteiger partial charge in [0.05, 0.1) is 13.0 Å². The van der Waals surface area contributed by atoms with Gasteiger partial charge in [0.2, 0.25) is 0 Å². The van der Waals surface area contributed by atoms with Crippen LogP contribution in [0.2, 0.25) is 0 Å². The number of hydrogen-bond acceptors (Lipinski definition) is 10. The molecule has 1 aliphatic heterocycles. The van der Waals surface area contributed by atoms with Crippen molar-refractivity contribution in [2.75, 3.05) is 13.7 Å². The van der Waals surface area contributed by atoms with E-state index in [9.17, 15) is 24.3 Å². The van der Waals surface area contributed by atoms with Gasteiger partial charge >= 0.3 is 17.9 Å². The number of carbonyl (C=O) groups is 4. The van der Waals surface area contributed by atoms with Crippen molar-refractivity contribution < 1.29 is 43.2 Å². The molecule has 2 heterocycles. The van der Waals surface area contributed by atoms with Crippen LogP contribution in [0.4, 0.5) is 0 Å². The van der Waals surface area contributed by atoms with E-state index in [0.29, 0.717) is 0 Å². The van der Waals surface area contributed by atoms with Gasteiger partial charge in [-0.2, -0.15) is 0 Å². The third-order valence-electron chi connectivity index (χ3n) is 5.79. The Morgan fingerprint density at radius 2 is 1.88 bits per heavy atom. The molecule has 0 unspecified atom stereocenters. The van der Waals surface area contributed by atoms with Gasteiger partial charge in [0, 0.05) is 12.3 Å². The van der Waals surface area contributed by atoms with Crippen LogP contribution in [0.15, 0.2) is 55.3 Å². The lowest BCUT2D eigenvalue weighted by molar-refractivity contribution is -0.176. The Morgan fingerprint density at radius 3 is 2.48 bits per heavy atom. The molecule has 0 bridgehead atoms. The molecule has 2 aromatic rings. The SMILES string of the molecule is C=C[14CH3].COc1ccnc(C(=O)N[C@H]2COC(=O)[C@H](Cc3ccccc3)[C@@H](OC(=O)C(C)C)[C@H](C)OC2=O)c1O. The number of carbonyl (C=O) groups excluding carboxylic acids is 4. The molecule has 1 aromatic heterocycles. The maximum Gasteiger partial charge on any atom is 0.332 e. The van der Waals surface area contributed by atoms with E-state index in [1.165, 1.54) is 26.3 Å². The number of cyclic esters (lactones) is 2. The van der Waals surface area contributed by atoms with E-state index < -0.39 is 72.0 Å².